The van der Waals surface area contributed by atoms with Crippen molar-refractivity contribution < 1.29 is 22.4 Å². The first kappa shape index (κ1) is 17.7. The standard InChI is InChI=1S/C17H17N3O5S/c1-11-18-17(19-25-11)12-5-4-6-14(9-12)26(21,22)20-15-10-13(23-2)7-8-16(15)24-3/h4-10,20H,1-3H3. The highest BCUT2D eigenvalue weighted by Gasteiger charge is 2.19. The third-order valence-electron chi connectivity index (χ3n) is 3.58. The zero-order valence-electron chi connectivity index (χ0n) is 14.4. The summed E-state index contributed by atoms with van der Waals surface area (Å²) in [5.74, 6) is 1.59. The highest BCUT2D eigenvalue weighted by atomic mass is 32.2. The van der Waals surface area contributed by atoms with Crippen LogP contribution >= 0.6 is 0 Å². The predicted octanol–water partition coefficient (Wildman–Crippen LogP) is 2.86. The number of sulfonamides is 1. The Morgan fingerprint density at radius 2 is 1.88 bits per heavy atom. The summed E-state index contributed by atoms with van der Waals surface area (Å²) in [5.41, 5.74) is 0.801. The highest BCUT2D eigenvalue weighted by Crippen LogP contribution is 2.31. The van der Waals surface area contributed by atoms with Crippen LogP contribution in [-0.4, -0.2) is 32.8 Å². The van der Waals surface area contributed by atoms with E-state index >= 15 is 0 Å². The van der Waals surface area contributed by atoms with Crippen LogP contribution < -0.4 is 14.2 Å². The lowest BCUT2D eigenvalue weighted by Gasteiger charge is -2.13. The van der Waals surface area contributed by atoms with Crippen molar-refractivity contribution in [2.45, 2.75) is 11.8 Å². The number of nitrogens with one attached hydrogen (secondary N) is 1. The Hall–Kier alpha value is -3.07. The largest absolute Gasteiger partial charge is 0.497 e. The minimum Gasteiger partial charge on any atom is -0.497 e. The highest BCUT2D eigenvalue weighted by molar-refractivity contribution is 7.92. The molecule has 0 saturated heterocycles. The zero-order chi connectivity index (χ0) is 18.7. The van der Waals surface area contributed by atoms with Crippen LogP contribution in [0, 0.1) is 6.92 Å². The van der Waals surface area contributed by atoms with E-state index in [-0.39, 0.29) is 10.6 Å². The molecule has 0 unspecified atom stereocenters. The monoisotopic (exact) mass is 375 g/mol. The molecule has 0 radical (unpaired) electrons. The maximum atomic E-state index is 12.8. The third kappa shape index (κ3) is 3.62. The van der Waals surface area contributed by atoms with Crippen molar-refractivity contribution >= 4 is 15.7 Å². The van der Waals surface area contributed by atoms with E-state index in [0.29, 0.717) is 28.8 Å². The van der Waals surface area contributed by atoms with Gasteiger partial charge in [0.25, 0.3) is 10.0 Å². The fourth-order valence-corrected chi connectivity index (χ4v) is 3.42. The van der Waals surface area contributed by atoms with Crippen molar-refractivity contribution in [2.24, 2.45) is 0 Å². The first-order chi connectivity index (χ1) is 12.4. The quantitative estimate of drug-likeness (QED) is 0.706. The molecule has 1 N–H and O–H groups in total. The second kappa shape index (κ2) is 7.04. The maximum Gasteiger partial charge on any atom is 0.262 e. The summed E-state index contributed by atoms with van der Waals surface area (Å²) in [4.78, 5) is 4.17. The Balaban J connectivity index is 1.96. The van der Waals surface area contributed by atoms with Crippen molar-refractivity contribution in [3.05, 3.63) is 48.4 Å². The molecule has 26 heavy (non-hydrogen) atoms. The minimum atomic E-state index is -3.87. The second-order valence-electron chi connectivity index (χ2n) is 5.34. The Labute approximate surface area is 150 Å². The van der Waals surface area contributed by atoms with Gasteiger partial charge in [0.1, 0.15) is 11.5 Å². The number of nitrogens with zero attached hydrogens (tertiary/aromatic N) is 2. The molecule has 1 heterocycles. The first-order valence-electron chi connectivity index (χ1n) is 7.58. The number of anilines is 1. The van der Waals surface area contributed by atoms with E-state index in [1.54, 1.807) is 37.3 Å². The molecule has 0 aliphatic rings. The Morgan fingerprint density at radius 3 is 2.54 bits per heavy atom. The van der Waals surface area contributed by atoms with Gasteiger partial charge in [0, 0.05) is 18.6 Å². The van der Waals surface area contributed by atoms with Crippen molar-refractivity contribution in [1.82, 2.24) is 10.1 Å². The molecule has 0 amide bonds. The summed E-state index contributed by atoms with van der Waals surface area (Å²) in [6, 6.07) is 11.1. The summed E-state index contributed by atoms with van der Waals surface area (Å²) in [7, 11) is -0.913. The van der Waals surface area contributed by atoms with E-state index in [9.17, 15) is 8.42 Å². The Bertz CT molecular complexity index is 1030. The van der Waals surface area contributed by atoms with Gasteiger partial charge in [-0.3, -0.25) is 4.72 Å². The van der Waals surface area contributed by atoms with Crippen LogP contribution in [0.15, 0.2) is 51.9 Å². The van der Waals surface area contributed by atoms with Crippen molar-refractivity contribution in [1.29, 1.82) is 0 Å². The van der Waals surface area contributed by atoms with Crippen LogP contribution in [0.2, 0.25) is 0 Å². The number of methoxy groups -OCH3 is 2. The zero-order valence-corrected chi connectivity index (χ0v) is 15.2. The average Bonchev–Trinajstić information content (AvgIpc) is 3.08. The lowest BCUT2D eigenvalue weighted by molar-refractivity contribution is 0.394. The molecule has 9 heteroatoms. The number of rotatable bonds is 6. The van der Waals surface area contributed by atoms with Gasteiger partial charge >= 0.3 is 0 Å². The first-order valence-corrected chi connectivity index (χ1v) is 9.07. The molecule has 2 aromatic carbocycles. The van der Waals surface area contributed by atoms with Gasteiger partial charge in [-0.1, -0.05) is 17.3 Å². The topological polar surface area (TPSA) is 104 Å². The van der Waals surface area contributed by atoms with Crippen molar-refractivity contribution in [2.75, 3.05) is 18.9 Å². The Morgan fingerprint density at radius 1 is 1.08 bits per heavy atom. The molecule has 8 nitrogen and oxygen atoms in total. The molecule has 0 aliphatic heterocycles. The average molecular weight is 375 g/mol. The molecule has 0 spiro atoms. The molecule has 3 aromatic rings. The van der Waals surface area contributed by atoms with Gasteiger partial charge < -0.3 is 14.0 Å². The van der Waals surface area contributed by atoms with E-state index in [4.69, 9.17) is 14.0 Å². The fraction of sp³-hybridized carbons (Fsp3) is 0.176. The van der Waals surface area contributed by atoms with Crippen LogP contribution in [0.4, 0.5) is 5.69 Å². The van der Waals surface area contributed by atoms with Crippen molar-refractivity contribution in [3.63, 3.8) is 0 Å². The number of aromatic nitrogens is 2. The molecule has 3 rings (SSSR count). The Kier molecular flexibility index (Phi) is 4.81. The third-order valence-corrected chi connectivity index (χ3v) is 4.94. The van der Waals surface area contributed by atoms with Gasteiger partial charge in [0.15, 0.2) is 0 Å². The van der Waals surface area contributed by atoms with Gasteiger partial charge in [0.05, 0.1) is 24.8 Å². The number of aryl methyl sites for hydroxylation is 1. The lowest BCUT2D eigenvalue weighted by atomic mass is 10.2. The SMILES string of the molecule is COc1ccc(OC)c(NS(=O)(=O)c2cccc(-c3noc(C)n3)c2)c1. The molecule has 0 fully saturated rings. The molecule has 1 aromatic heterocycles. The summed E-state index contributed by atoms with van der Waals surface area (Å²) >= 11 is 0. The van der Waals surface area contributed by atoms with Gasteiger partial charge in [-0.05, 0) is 24.3 Å². The van der Waals surface area contributed by atoms with E-state index in [1.165, 1.54) is 26.4 Å². The predicted molar refractivity (Wildman–Crippen MR) is 94.8 cm³/mol. The molecular weight excluding hydrogens is 358 g/mol. The number of hydrogen-bond donors (Lipinski definition) is 1. The van der Waals surface area contributed by atoms with Gasteiger partial charge in [-0.15, -0.1) is 0 Å². The molecular formula is C17H17N3O5S. The number of hydrogen-bond acceptors (Lipinski definition) is 7. The second-order valence-corrected chi connectivity index (χ2v) is 7.02. The molecule has 0 aliphatic carbocycles. The maximum absolute atomic E-state index is 12.8. The number of benzene rings is 2. The van der Waals surface area contributed by atoms with Crippen molar-refractivity contribution in [3.8, 4) is 22.9 Å². The summed E-state index contributed by atoms with van der Waals surface area (Å²) in [6.45, 7) is 1.66. The van der Waals surface area contributed by atoms with E-state index < -0.39 is 10.0 Å². The van der Waals surface area contributed by atoms with Crippen LogP contribution in [0.5, 0.6) is 11.5 Å². The van der Waals surface area contributed by atoms with E-state index in [1.807, 2.05) is 0 Å². The van der Waals surface area contributed by atoms with E-state index in [2.05, 4.69) is 14.9 Å². The minimum absolute atomic E-state index is 0.0577. The summed E-state index contributed by atoms with van der Waals surface area (Å²) < 4.78 is 43.4. The lowest BCUT2D eigenvalue weighted by Crippen LogP contribution is -2.13. The summed E-state index contributed by atoms with van der Waals surface area (Å²) in [5, 5.41) is 3.81. The molecule has 0 saturated carbocycles. The van der Waals surface area contributed by atoms with Gasteiger partial charge in [-0.2, -0.15) is 4.98 Å². The smallest absolute Gasteiger partial charge is 0.262 e. The van der Waals surface area contributed by atoms with Crippen LogP contribution in [0.25, 0.3) is 11.4 Å². The van der Waals surface area contributed by atoms with Gasteiger partial charge in [0.2, 0.25) is 11.7 Å². The van der Waals surface area contributed by atoms with Crippen LogP contribution in [-0.2, 0) is 10.0 Å². The normalized spacial score (nSPS) is 11.2. The van der Waals surface area contributed by atoms with Crippen LogP contribution in [0.1, 0.15) is 5.89 Å². The number of ether oxygens (including phenoxy) is 2. The fourth-order valence-electron chi connectivity index (χ4n) is 2.32. The van der Waals surface area contributed by atoms with Crippen LogP contribution in [0.3, 0.4) is 0 Å². The molecule has 0 atom stereocenters. The van der Waals surface area contributed by atoms with Gasteiger partial charge in [-0.25, -0.2) is 8.42 Å². The van der Waals surface area contributed by atoms with E-state index in [0.717, 1.165) is 0 Å². The summed E-state index contributed by atoms with van der Waals surface area (Å²) in [6.07, 6.45) is 0. The molecule has 0 bridgehead atoms. The molecule has 136 valence electrons.